The highest BCUT2D eigenvalue weighted by atomic mass is 16.2. The zero-order valence-electron chi connectivity index (χ0n) is 14.2. The van der Waals surface area contributed by atoms with Gasteiger partial charge >= 0.3 is 0 Å². The molecule has 1 heterocycles. The third-order valence-corrected chi connectivity index (χ3v) is 4.07. The zero-order chi connectivity index (χ0) is 18.7. The van der Waals surface area contributed by atoms with Crippen molar-refractivity contribution in [3.8, 4) is 0 Å². The quantitative estimate of drug-likeness (QED) is 0.730. The number of carbonyl (C=O) groups is 2. The van der Waals surface area contributed by atoms with Gasteiger partial charge < -0.3 is 11.1 Å². The Hall–Kier alpha value is -3.48. The summed E-state index contributed by atoms with van der Waals surface area (Å²) in [7, 11) is 0. The van der Waals surface area contributed by atoms with E-state index in [1.165, 1.54) is 0 Å². The van der Waals surface area contributed by atoms with E-state index in [2.05, 4.69) is 10.4 Å². The van der Waals surface area contributed by atoms with Gasteiger partial charge in [0.25, 0.3) is 11.5 Å². The number of hydrogen-bond donors (Lipinski definition) is 2. The lowest BCUT2D eigenvalue weighted by Gasteiger charge is -2.11. The lowest BCUT2D eigenvalue weighted by Crippen LogP contribution is -2.32. The van der Waals surface area contributed by atoms with Gasteiger partial charge in [0, 0.05) is 11.1 Å². The maximum absolute atomic E-state index is 12.6. The molecular formula is C19H18N4O3. The molecule has 2 aromatic carbocycles. The third-order valence-electron chi connectivity index (χ3n) is 4.07. The first-order chi connectivity index (χ1) is 12.5. The van der Waals surface area contributed by atoms with Crippen LogP contribution in [0, 0.1) is 0 Å². The molecule has 132 valence electrons. The summed E-state index contributed by atoms with van der Waals surface area (Å²) < 4.78 is 0.965. The highest BCUT2D eigenvalue weighted by Crippen LogP contribution is 2.16. The van der Waals surface area contributed by atoms with Crippen LogP contribution in [-0.4, -0.2) is 21.6 Å². The summed E-state index contributed by atoms with van der Waals surface area (Å²) in [6.07, 6.45) is 0.760. The van der Waals surface area contributed by atoms with Gasteiger partial charge in [0.05, 0.1) is 5.39 Å². The van der Waals surface area contributed by atoms with Crippen molar-refractivity contribution in [2.45, 2.75) is 19.9 Å². The Balaban J connectivity index is 1.96. The van der Waals surface area contributed by atoms with E-state index in [0.29, 0.717) is 11.1 Å². The maximum Gasteiger partial charge on any atom is 0.275 e. The number of primary amides is 1. The van der Waals surface area contributed by atoms with Crippen LogP contribution in [0.5, 0.6) is 0 Å². The van der Waals surface area contributed by atoms with Gasteiger partial charge in [-0.05, 0) is 24.1 Å². The predicted octanol–water partition coefficient (Wildman–Crippen LogP) is 1.70. The van der Waals surface area contributed by atoms with Crippen LogP contribution < -0.4 is 16.6 Å². The number of nitrogens with two attached hydrogens (primary N) is 1. The number of carbonyl (C=O) groups excluding carboxylic acids is 2. The van der Waals surface area contributed by atoms with Crippen molar-refractivity contribution in [2.75, 3.05) is 5.32 Å². The van der Waals surface area contributed by atoms with E-state index in [0.717, 1.165) is 16.7 Å². The van der Waals surface area contributed by atoms with E-state index in [9.17, 15) is 14.4 Å². The average Bonchev–Trinajstić information content (AvgIpc) is 2.64. The minimum absolute atomic E-state index is 0.0399. The Bertz CT molecular complexity index is 1060. The summed E-state index contributed by atoms with van der Waals surface area (Å²) in [5.74, 6) is -1.17. The van der Waals surface area contributed by atoms with E-state index in [1.807, 2.05) is 25.1 Å². The van der Waals surface area contributed by atoms with Crippen molar-refractivity contribution in [2.24, 2.45) is 5.73 Å². The molecule has 0 saturated heterocycles. The van der Waals surface area contributed by atoms with Crippen molar-refractivity contribution in [3.63, 3.8) is 0 Å². The molecule has 2 amide bonds. The van der Waals surface area contributed by atoms with Crippen molar-refractivity contribution >= 4 is 28.3 Å². The lowest BCUT2D eigenvalue weighted by molar-refractivity contribution is -0.117. The fourth-order valence-electron chi connectivity index (χ4n) is 2.80. The van der Waals surface area contributed by atoms with Gasteiger partial charge in [0.15, 0.2) is 5.69 Å². The van der Waals surface area contributed by atoms with Crippen molar-refractivity contribution in [1.29, 1.82) is 0 Å². The summed E-state index contributed by atoms with van der Waals surface area (Å²) in [5, 5.41) is 7.43. The number of fused-ring (bicyclic) bond motifs is 1. The van der Waals surface area contributed by atoms with E-state index in [4.69, 9.17) is 5.73 Å². The first-order valence-corrected chi connectivity index (χ1v) is 8.18. The fourth-order valence-corrected chi connectivity index (χ4v) is 2.80. The summed E-state index contributed by atoms with van der Waals surface area (Å²) in [6.45, 7) is 1.67. The monoisotopic (exact) mass is 350 g/mol. The van der Waals surface area contributed by atoms with E-state index in [1.54, 1.807) is 30.3 Å². The molecular weight excluding hydrogens is 332 g/mol. The smallest absolute Gasteiger partial charge is 0.275 e. The molecule has 0 aliphatic carbocycles. The van der Waals surface area contributed by atoms with Crippen LogP contribution in [0.4, 0.5) is 5.69 Å². The van der Waals surface area contributed by atoms with Gasteiger partial charge in [-0.2, -0.15) is 5.10 Å². The molecule has 3 N–H and O–H groups in total. The molecule has 26 heavy (non-hydrogen) atoms. The molecule has 0 fully saturated rings. The second kappa shape index (κ2) is 7.18. The van der Waals surface area contributed by atoms with E-state index < -0.39 is 17.4 Å². The van der Waals surface area contributed by atoms with E-state index in [-0.39, 0.29) is 17.6 Å². The second-order valence-corrected chi connectivity index (χ2v) is 5.78. The van der Waals surface area contributed by atoms with Crippen LogP contribution in [0.15, 0.2) is 53.3 Å². The number of rotatable bonds is 5. The Labute approximate surface area is 149 Å². The Morgan fingerprint density at radius 2 is 1.73 bits per heavy atom. The Morgan fingerprint density at radius 1 is 1.08 bits per heavy atom. The molecule has 3 aromatic rings. The lowest BCUT2D eigenvalue weighted by atomic mass is 10.1. The number of aryl methyl sites for hydroxylation is 1. The number of hydrogen-bond acceptors (Lipinski definition) is 4. The minimum atomic E-state index is -0.758. The number of amides is 2. The minimum Gasteiger partial charge on any atom is -0.364 e. The normalized spacial score (nSPS) is 10.7. The number of aromatic nitrogens is 2. The number of nitrogens with zero attached hydrogens (tertiary/aromatic N) is 2. The zero-order valence-corrected chi connectivity index (χ0v) is 14.2. The Morgan fingerprint density at radius 3 is 2.42 bits per heavy atom. The molecule has 0 aliphatic rings. The topological polar surface area (TPSA) is 107 Å². The second-order valence-electron chi connectivity index (χ2n) is 5.78. The van der Waals surface area contributed by atoms with Gasteiger partial charge in [-0.15, -0.1) is 0 Å². The molecule has 7 heteroatoms. The summed E-state index contributed by atoms with van der Waals surface area (Å²) in [4.78, 5) is 36.7. The van der Waals surface area contributed by atoms with Crippen LogP contribution in [0.1, 0.15) is 23.0 Å². The highest BCUT2D eigenvalue weighted by Gasteiger charge is 2.16. The first-order valence-electron chi connectivity index (χ1n) is 8.18. The van der Waals surface area contributed by atoms with Crippen molar-refractivity contribution in [3.05, 3.63) is 70.1 Å². The number of para-hydroxylation sites is 1. The van der Waals surface area contributed by atoms with Crippen molar-refractivity contribution < 1.29 is 9.59 Å². The maximum atomic E-state index is 12.6. The molecule has 1 aromatic heterocycles. The van der Waals surface area contributed by atoms with Crippen LogP contribution in [0.2, 0.25) is 0 Å². The number of nitrogens with one attached hydrogen (secondary N) is 1. The third kappa shape index (κ3) is 3.32. The molecule has 0 atom stereocenters. The fraction of sp³-hybridized carbons (Fsp3) is 0.158. The van der Waals surface area contributed by atoms with Gasteiger partial charge in [-0.1, -0.05) is 43.3 Å². The van der Waals surface area contributed by atoms with Gasteiger partial charge in [-0.3, -0.25) is 14.4 Å². The van der Waals surface area contributed by atoms with Crippen LogP contribution in [-0.2, 0) is 17.8 Å². The van der Waals surface area contributed by atoms with Gasteiger partial charge in [0.1, 0.15) is 6.54 Å². The SMILES string of the molecule is CCc1ccccc1NC(=O)Cn1nc(C(N)=O)c2ccccc2c1=O. The molecule has 0 bridgehead atoms. The summed E-state index contributed by atoms with van der Waals surface area (Å²) >= 11 is 0. The predicted molar refractivity (Wildman–Crippen MR) is 99.0 cm³/mol. The van der Waals surface area contributed by atoms with Crippen LogP contribution in [0.3, 0.4) is 0 Å². The Kier molecular flexibility index (Phi) is 4.79. The largest absolute Gasteiger partial charge is 0.364 e. The van der Waals surface area contributed by atoms with Gasteiger partial charge in [0.2, 0.25) is 5.91 Å². The molecule has 0 spiro atoms. The van der Waals surface area contributed by atoms with Crippen LogP contribution in [0.25, 0.3) is 10.8 Å². The van der Waals surface area contributed by atoms with E-state index >= 15 is 0 Å². The standard InChI is InChI=1S/C19H18N4O3/c1-2-12-7-3-6-10-15(12)21-16(24)11-23-19(26)14-9-5-4-8-13(14)17(22-23)18(20)25/h3-10H,2,11H2,1H3,(H2,20,25)(H,21,24). The van der Waals surface area contributed by atoms with Crippen LogP contribution >= 0.6 is 0 Å². The summed E-state index contributed by atoms with van der Waals surface area (Å²) in [5.41, 5.74) is 6.55. The molecule has 0 aliphatic heterocycles. The van der Waals surface area contributed by atoms with Crippen molar-refractivity contribution in [1.82, 2.24) is 9.78 Å². The first kappa shape index (κ1) is 17.3. The average molecular weight is 350 g/mol. The number of benzene rings is 2. The molecule has 0 radical (unpaired) electrons. The summed E-state index contributed by atoms with van der Waals surface area (Å²) in [6, 6.07) is 14.0. The van der Waals surface area contributed by atoms with Gasteiger partial charge in [-0.25, -0.2) is 4.68 Å². The highest BCUT2D eigenvalue weighted by molar-refractivity contribution is 6.04. The number of anilines is 1. The molecule has 3 rings (SSSR count). The molecule has 0 unspecified atom stereocenters. The molecule has 7 nitrogen and oxygen atoms in total. The molecule has 0 saturated carbocycles.